The monoisotopic (exact) mass is 314 g/mol. The lowest BCUT2D eigenvalue weighted by molar-refractivity contribution is 0.578. The van der Waals surface area contributed by atoms with Crippen LogP contribution in [0.4, 0.5) is 5.69 Å². The van der Waals surface area contributed by atoms with E-state index in [1.807, 2.05) is 31.7 Å². The Bertz CT molecular complexity index is 606. The van der Waals surface area contributed by atoms with Crippen molar-refractivity contribution in [3.8, 4) is 0 Å². The SMILES string of the molecule is Cc1cc(C)c(S(=O)(=O)NCC2CCCS2)c(C)c1N. The summed E-state index contributed by atoms with van der Waals surface area (Å²) in [5, 5.41) is 0.396. The van der Waals surface area contributed by atoms with Crippen molar-refractivity contribution in [2.75, 3.05) is 18.0 Å². The molecule has 6 heteroatoms. The number of aryl methyl sites for hydroxylation is 2. The van der Waals surface area contributed by atoms with E-state index in [1.165, 1.54) is 6.42 Å². The van der Waals surface area contributed by atoms with Gasteiger partial charge in [0.15, 0.2) is 0 Å². The van der Waals surface area contributed by atoms with E-state index in [9.17, 15) is 8.42 Å². The molecule has 1 heterocycles. The predicted molar refractivity (Wildman–Crippen MR) is 85.7 cm³/mol. The number of nitrogen functional groups attached to an aromatic ring is 1. The Morgan fingerprint density at radius 1 is 1.35 bits per heavy atom. The fourth-order valence-corrected chi connectivity index (χ4v) is 5.54. The van der Waals surface area contributed by atoms with E-state index in [0.29, 0.717) is 27.9 Å². The van der Waals surface area contributed by atoms with Gasteiger partial charge in [0.1, 0.15) is 0 Å². The highest BCUT2D eigenvalue weighted by Crippen LogP contribution is 2.29. The molecule has 1 aromatic carbocycles. The Labute approximate surface area is 125 Å². The van der Waals surface area contributed by atoms with Crippen LogP contribution < -0.4 is 10.5 Å². The molecule has 0 spiro atoms. The van der Waals surface area contributed by atoms with Crippen molar-refractivity contribution in [3.63, 3.8) is 0 Å². The Morgan fingerprint density at radius 2 is 2.05 bits per heavy atom. The minimum absolute atomic E-state index is 0.337. The van der Waals surface area contributed by atoms with Crippen molar-refractivity contribution in [2.24, 2.45) is 0 Å². The number of benzene rings is 1. The third kappa shape index (κ3) is 3.13. The van der Waals surface area contributed by atoms with Crippen LogP contribution in [0.5, 0.6) is 0 Å². The van der Waals surface area contributed by atoms with Gasteiger partial charge in [0.25, 0.3) is 0 Å². The fraction of sp³-hybridized carbons (Fsp3) is 0.571. The summed E-state index contributed by atoms with van der Waals surface area (Å²) in [5.41, 5.74) is 8.85. The van der Waals surface area contributed by atoms with E-state index >= 15 is 0 Å². The van der Waals surface area contributed by atoms with Crippen LogP contribution in [0.15, 0.2) is 11.0 Å². The maximum absolute atomic E-state index is 12.5. The molecule has 1 unspecified atom stereocenters. The molecule has 1 aromatic rings. The maximum Gasteiger partial charge on any atom is 0.241 e. The topological polar surface area (TPSA) is 72.2 Å². The first-order valence-electron chi connectivity index (χ1n) is 6.80. The molecular formula is C14H22N2O2S2. The quantitative estimate of drug-likeness (QED) is 0.837. The zero-order valence-electron chi connectivity index (χ0n) is 12.2. The number of nitrogens with one attached hydrogen (secondary N) is 1. The normalized spacial score (nSPS) is 19.4. The Balaban J connectivity index is 2.27. The van der Waals surface area contributed by atoms with Crippen molar-refractivity contribution in [3.05, 3.63) is 22.8 Å². The lowest BCUT2D eigenvalue weighted by Gasteiger charge is -2.17. The highest BCUT2D eigenvalue weighted by atomic mass is 32.2. The number of sulfonamides is 1. The van der Waals surface area contributed by atoms with Gasteiger partial charge in [-0.2, -0.15) is 11.8 Å². The average molecular weight is 314 g/mol. The highest BCUT2D eigenvalue weighted by Gasteiger charge is 2.24. The van der Waals surface area contributed by atoms with E-state index in [0.717, 1.165) is 23.3 Å². The van der Waals surface area contributed by atoms with Gasteiger partial charge in [-0.05, 0) is 56.1 Å². The second kappa shape index (κ2) is 5.95. The van der Waals surface area contributed by atoms with Gasteiger partial charge in [-0.25, -0.2) is 13.1 Å². The van der Waals surface area contributed by atoms with Gasteiger partial charge in [-0.3, -0.25) is 0 Å². The molecule has 0 aliphatic carbocycles. The number of thioether (sulfide) groups is 1. The first-order valence-corrected chi connectivity index (χ1v) is 9.33. The summed E-state index contributed by atoms with van der Waals surface area (Å²) >= 11 is 1.84. The molecule has 1 aliphatic heterocycles. The van der Waals surface area contributed by atoms with Gasteiger partial charge in [0, 0.05) is 17.5 Å². The van der Waals surface area contributed by atoms with Crippen LogP contribution in [0, 0.1) is 20.8 Å². The number of rotatable bonds is 4. The van der Waals surface area contributed by atoms with Crippen LogP contribution in [0.2, 0.25) is 0 Å². The largest absolute Gasteiger partial charge is 0.398 e. The molecule has 1 atom stereocenters. The minimum Gasteiger partial charge on any atom is -0.398 e. The lowest BCUT2D eigenvalue weighted by atomic mass is 10.1. The Morgan fingerprint density at radius 3 is 2.65 bits per heavy atom. The van der Waals surface area contributed by atoms with E-state index in [2.05, 4.69) is 4.72 Å². The van der Waals surface area contributed by atoms with Gasteiger partial charge in [0.05, 0.1) is 4.90 Å². The van der Waals surface area contributed by atoms with Crippen LogP contribution >= 0.6 is 11.8 Å². The van der Waals surface area contributed by atoms with Crippen LogP contribution in [-0.2, 0) is 10.0 Å². The number of anilines is 1. The Kier molecular flexibility index (Phi) is 4.66. The molecular weight excluding hydrogens is 292 g/mol. The molecule has 1 saturated heterocycles. The molecule has 0 radical (unpaired) electrons. The summed E-state index contributed by atoms with van der Waals surface area (Å²) in [6, 6.07) is 1.83. The van der Waals surface area contributed by atoms with Crippen molar-refractivity contribution < 1.29 is 8.42 Å². The van der Waals surface area contributed by atoms with Crippen LogP contribution in [0.3, 0.4) is 0 Å². The molecule has 1 fully saturated rings. The minimum atomic E-state index is -3.49. The van der Waals surface area contributed by atoms with Crippen molar-refractivity contribution in [2.45, 2.75) is 43.8 Å². The van der Waals surface area contributed by atoms with Crippen molar-refractivity contribution in [1.29, 1.82) is 0 Å². The molecule has 20 heavy (non-hydrogen) atoms. The summed E-state index contributed by atoms with van der Waals surface area (Å²) < 4.78 is 27.8. The molecule has 2 rings (SSSR count). The molecule has 112 valence electrons. The summed E-state index contributed by atoms with van der Waals surface area (Å²) in [5.74, 6) is 1.13. The highest BCUT2D eigenvalue weighted by molar-refractivity contribution is 8.00. The van der Waals surface area contributed by atoms with Gasteiger partial charge < -0.3 is 5.73 Å². The summed E-state index contributed by atoms with van der Waals surface area (Å²) in [6.07, 6.45) is 2.26. The molecule has 0 amide bonds. The van der Waals surface area contributed by atoms with Gasteiger partial charge in [0.2, 0.25) is 10.0 Å². The third-order valence-corrected chi connectivity index (χ3v) is 6.86. The number of hydrogen-bond donors (Lipinski definition) is 2. The van der Waals surface area contributed by atoms with Crippen LogP contribution in [0.1, 0.15) is 29.5 Å². The first kappa shape index (κ1) is 15.7. The number of nitrogens with two attached hydrogens (primary N) is 1. The summed E-state index contributed by atoms with van der Waals surface area (Å²) in [6.45, 7) is 5.99. The second-order valence-electron chi connectivity index (χ2n) is 5.37. The summed E-state index contributed by atoms with van der Waals surface area (Å²) in [7, 11) is -3.49. The second-order valence-corrected chi connectivity index (χ2v) is 8.48. The van der Waals surface area contributed by atoms with Gasteiger partial charge >= 0.3 is 0 Å². The standard InChI is InChI=1S/C14H22N2O2S2/c1-9-7-10(2)14(11(3)13(9)15)20(17,18)16-8-12-5-4-6-19-12/h7,12,16H,4-6,8,15H2,1-3H3. The molecule has 0 bridgehead atoms. The van der Waals surface area contributed by atoms with E-state index in [1.54, 1.807) is 6.92 Å². The zero-order valence-corrected chi connectivity index (χ0v) is 13.8. The predicted octanol–water partition coefficient (Wildman–Crippen LogP) is 2.37. The fourth-order valence-electron chi connectivity index (χ4n) is 2.68. The zero-order chi connectivity index (χ0) is 14.9. The van der Waals surface area contributed by atoms with Crippen LogP contribution in [0.25, 0.3) is 0 Å². The molecule has 1 aliphatic rings. The van der Waals surface area contributed by atoms with E-state index in [-0.39, 0.29) is 0 Å². The van der Waals surface area contributed by atoms with Gasteiger partial charge in [-0.15, -0.1) is 0 Å². The lowest BCUT2D eigenvalue weighted by Crippen LogP contribution is -2.31. The summed E-state index contributed by atoms with van der Waals surface area (Å²) in [4.78, 5) is 0.337. The smallest absolute Gasteiger partial charge is 0.241 e. The third-order valence-electron chi connectivity index (χ3n) is 3.75. The molecule has 3 N–H and O–H groups in total. The maximum atomic E-state index is 12.5. The molecule has 4 nitrogen and oxygen atoms in total. The van der Waals surface area contributed by atoms with E-state index < -0.39 is 10.0 Å². The van der Waals surface area contributed by atoms with Crippen LogP contribution in [-0.4, -0.2) is 26.0 Å². The molecule has 0 saturated carbocycles. The van der Waals surface area contributed by atoms with Gasteiger partial charge in [-0.1, -0.05) is 6.07 Å². The first-order chi connectivity index (χ1) is 9.33. The molecule has 0 aromatic heterocycles. The Hall–Kier alpha value is -0.720. The van der Waals surface area contributed by atoms with Crippen molar-refractivity contribution >= 4 is 27.5 Å². The number of hydrogen-bond acceptors (Lipinski definition) is 4. The average Bonchev–Trinajstić information content (AvgIpc) is 2.86. The van der Waals surface area contributed by atoms with E-state index in [4.69, 9.17) is 5.73 Å². The van der Waals surface area contributed by atoms with Crippen molar-refractivity contribution in [1.82, 2.24) is 4.72 Å².